The maximum atomic E-state index is 11.0. The molecule has 0 amide bonds. The number of hydrogen-bond donors (Lipinski definition) is 0. The minimum Gasteiger partial charge on any atom is -0.624 e. The van der Waals surface area contributed by atoms with Gasteiger partial charge in [-0.3, -0.25) is 0 Å². The lowest BCUT2D eigenvalue weighted by Crippen LogP contribution is -2.17. The molecule has 1 aliphatic heterocycles. The van der Waals surface area contributed by atoms with Crippen LogP contribution in [0.4, 0.5) is 0 Å². The van der Waals surface area contributed by atoms with E-state index in [-0.39, 0.29) is 0 Å². The summed E-state index contributed by atoms with van der Waals surface area (Å²) in [5, 5.41) is 11.0. The van der Waals surface area contributed by atoms with E-state index < -0.39 is 0 Å². The van der Waals surface area contributed by atoms with Crippen molar-refractivity contribution in [2.45, 2.75) is 13.3 Å². The number of hydrogen-bond acceptors (Lipinski definition) is 1. The lowest BCUT2D eigenvalue weighted by Gasteiger charge is -2.12. The Morgan fingerprint density at radius 2 is 2.25 bits per heavy atom. The van der Waals surface area contributed by atoms with Crippen LogP contribution in [-0.4, -0.2) is 17.5 Å². The normalized spacial score (nSPS) is 15.2. The van der Waals surface area contributed by atoms with Gasteiger partial charge in [0.25, 0.3) is 0 Å². The maximum Gasteiger partial charge on any atom is 0.182 e. The average molecular weight is 161 g/mol. The highest BCUT2D eigenvalue weighted by atomic mass is 16.5. The van der Waals surface area contributed by atoms with Crippen molar-refractivity contribution in [1.82, 2.24) is 0 Å². The molecule has 0 radical (unpaired) electrons. The summed E-state index contributed by atoms with van der Waals surface area (Å²) in [6, 6.07) is 6.25. The zero-order valence-electron chi connectivity index (χ0n) is 7.08. The summed E-state index contributed by atoms with van der Waals surface area (Å²) < 4.78 is 1.00. The summed E-state index contributed by atoms with van der Waals surface area (Å²) in [5.41, 5.74) is 3.57. The first-order valence-corrected chi connectivity index (χ1v) is 4.14. The van der Waals surface area contributed by atoms with Gasteiger partial charge in [0.15, 0.2) is 12.8 Å². The standard InChI is InChI=1S/C10H11NO/c1-8-2-3-9-4-5-11(12)7-10(9)6-8/h2-3,6-7H,4-5H2,1H3. The molecular weight excluding hydrogens is 150 g/mol. The maximum absolute atomic E-state index is 11.0. The molecule has 62 valence electrons. The molecule has 0 fully saturated rings. The van der Waals surface area contributed by atoms with E-state index in [1.54, 1.807) is 6.21 Å². The van der Waals surface area contributed by atoms with E-state index in [0.29, 0.717) is 6.54 Å². The predicted octanol–water partition coefficient (Wildman–Crippen LogP) is 1.48. The molecule has 2 heteroatoms. The van der Waals surface area contributed by atoms with Crippen molar-refractivity contribution >= 4 is 6.21 Å². The summed E-state index contributed by atoms with van der Waals surface area (Å²) in [6.07, 6.45) is 2.54. The minimum absolute atomic E-state index is 0.593. The third kappa shape index (κ3) is 1.20. The molecule has 0 saturated heterocycles. The van der Waals surface area contributed by atoms with E-state index in [1.165, 1.54) is 11.1 Å². The van der Waals surface area contributed by atoms with Crippen molar-refractivity contribution in [1.29, 1.82) is 0 Å². The van der Waals surface area contributed by atoms with Crippen LogP contribution in [0.2, 0.25) is 0 Å². The van der Waals surface area contributed by atoms with E-state index in [2.05, 4.69) is 18.2 Å². The molecule has 0 unspecified atom stereocenters. The molecule has 2 rings (SSSR count). The summed E-state index contributed by atoms with van der Waals surface area (Å²) >= 11 is 0. The van der Waals surface area contributed by atoms with Gasteiger partial charge in [-0.25, -0.2) is 4.74 Å². The van der Waals surface area contributed by atoms with Crippen LogP contribution >= 0.6 is 0 Å². The zero-order chi connectivity index (χ0) is 8.55. The van der Waals surface area contributed by atoms with E-state index in [0.717, 1.165) is 16.7 Å². The molecule has 1 aliphatic rings. The molecule has 1 aromatic rings. The second kappa shape index (κ2) is 2.63. The Labute approximate surface area is 71.7 Å². The first kappa shape index (κ1) is 7.35. The summed E-state index contributed by atoms with van der Waals surface area (Å²) in [7, 11) is 0. The van der Waals surface area contributed by atoms with Gasteiger partial charge in [0.1, 0.15) is 0 Å². The van der Waals surface area contributed by atoms with Crippen LogP contribution in [-0.2, 0) is 6.42 Å². The van der Waals surface area contributed by atoms with Crippen molar-refractivity contribution in [3.05, 3.63) is 40.1 Å². The number of nitrogens with zero attached hydrogens (tertiary/aromatic N) is 1. The summed E-state index contributed by atoms with van der Waals surface area (Å²) in [4.78, 5) is 0. The van der Waals surface area contributed by atoms with Gasteiger partial charge in [-0.2, -0.15) is 0 Å². The van der Waals surface area contributed by atoms with Gasteiger partial charge >= 0.3 is 0 Å². The molecule has 0 aromatic heterocycles. The Kier molecular flexibility index (Phi) is 1.61. The second-order valence-corrected chi connectivity index (χ2v) is 3.22. The molecule has 0 N–H and O–H groups in total. The van der Waals surface area contributed by atoms with Crippen molar-refractivity contribution < 1.29 is 4.74 Å². The molecule has 0 atom stereocenters. The molecule has 12 heavy (non-hydrogen) atoms. The van der Waals surface area contributed by atoms with E-state index >= 15 is 0 Å². The molecule has 1 aromatic carbocycles. The fourth-order valence-electron chi connectivity index (χ4n) is 1.51. The van der Waals surface area contributed by atoms with Gasteiger partial charge in [0, 0.05) is 12.0 Å². The average Bonchev–Trinajstić information content (AvgIpc) is 2.03. The smallest absolute Gasteiger partial charge is 0.182 e. The van der Waals surface area contributed by atoms with Crippen LogP contribution in [0.3, 0.4) is 0 Å². The largest absolute Gasteiger partial charge is 0.624 e. The number of aryl methyl sites for hydroxylation is 1. The lowest BCUT2D eigenvalue weighted by atomic mass is 10.0. The van der Waals surface area contributed by atoms with Crippen LogP contribution in [0.5, 0.6) is 0 Å². The quantitative estimate of drug-likeness (QED) is 0.418. The Morgan fingerprint density at radius 3 is 3.08 bits per heavy atom. The van der Waals surface area contributed by atoms with Gasteiger partial charge in [-0.15, -0.1) is 0 Å². The van der Waals surface area contributed by atoms with E-state index in [4.69, 9.17) is 0 Å². The van der Waals surface area contributed by atoms with Crippen molar-refractivity contribution in [2.75, 3.05) is 6.54 Å². The fourth-order valence-corrected chi connectivity index (χ4v) is 1.51. The number of fused-ring (bicyclic) bond motifs is 1. The van der Waals surface area contributed by atoms with Gasteiger partial charge in [-0.05, 0) is 18.6 Å². The Hall–Kier alpha value is -1.31. The highest BCUT2D eigenvalue weighted by molar-refractivity contribution is 5.79. The predicted molar refractivity (Wildman–Crippen MR) is 48.5 cm³/mol. The molecule has 1 heterocycles. The van der Waals surface area contributed by atoms with Gasteiger partial charge in [0.05, 0.1) is 0 Å². The molecular formula is C10H11NO. The first-order valence-electron chi connectivity index (χ1n) is 4.14. The molecule has 0 saturated carbocycles. The van der Waals surface area contributed by atoms with E-state index in [1.807, 2.05) is 6.92 Å². The SMILES string of the molecule is Cc1ccc2c(c1)C=[N+]([O-])CC2. The Morgan fingerprint density at radius 1 is 1.42 bits per heavy atom. The van der Waals surface area contributed by atoms with Gasteiger partial charge < -0.3 is 5.21 Å². The Balaban J connectivity index is 2.53. The third-order valence-corrected chi connectivity index (χ3v) is 2.19. The highest BCUT2D eigenvalue weighted by Crippen LogP contribution is 2.13. The van der Waals surface area contributed by atoms with Crippen LogP contribution in [0.1, 0.15) is 16.7 Å². The minimum atomic E-state index is 0.593. The first-order chi connectivity index (χ1) is 5.75. The van der Waals surface area contributed by atoms with Crippen molar-refractivity contribution in [3.63, 3.8) is 0 Å². The van der Waals surface area contributed by atoms with Gasteiger partial charge in [-0.1, -0.05) is 17.7 Å². The van der Waals surface area contributed by atoms with Crippen molar-refractivity contribution in [3.8, 4) is 0 Å². The number of rotatable bonds is 0. The molecule has 0 spiro atoms. The topological polar surface area (TPSA) is 26.1 Å². The van der Waals surface area contributed by atoms with Crippen LogP contribution in [0.15, 0.2) is 18.2 Å². The fraction of sp³-hybridized carbons (Fsp3) is 0.300. The second-order valence-electron chi connectivity index (χ2n) is 3.22. The lowest BCUT2D eigenvalue weighted by molar-refractivity contribution is -0.453. The highest BCUT2D eigenvalue weighted by Gasteiger charge is 2.10. The molecule has 0 bridgehead atoms. The number of hydroxylamine groups is 1. The van der Waals surface area contributed by atoms with E-state index in [9.17, 15) is 5.21 Å². The van der Waals surface area contributed by atoms with Crippen LogP contribution in [0.25, 0.3) is 0 Å². The summed E-state index contributed by atoms with van der Waals surface area (Å²) in [5.74, 6) is 0. The van der Waals surface area contributed by atoms with Crippen LogP contribution in [0, 0.1) is 12.1 Å². The zero-order valence-corrected chi connectivity index (χ0v) is 7.08. The van der Waals surface area contributed by atoms with Crippen LogP contribution < -0.4 is 0 Å². The number of benzene rings is 1. The Bertz CT molecular complexity index is 342. The van der Waals surface area contributed by atoms with Crippen molar-refractivity contribution in [2.24, 2.45) is 0 Å². The summed E-state index contributed by atoms with van der Waals surface area (Å²) in [6.45, 7) is 2.63. The molecule has 2 nitrogen and oxygen atoms in total. The third-order valence-electron chi connectivity index (χ3n) is 2.19. The molecule has 0 aliphatic carbocycles. The van der Waals surface area contributed by atoms with Gasteiger partial charge in [0.2, 0.25) is 0 Å². The monoisotopic (exact) mass is 161 g/mol.